The Morgan fingerprint density at radius 2 is 1.84 bits per heavy atom. The van der Waals surface area contributed by atoms with Crippen molar-refractivity contribution < 1.29 is 0 Å². The number of benzene rings is 2. The van der Waals surface area contributed by atoms with E-state index in [4.69, 9.17) is 0 Å². The summed E-state index contributed by atoms with van der Waals surface area (Å²) < 4.78 is 0. The number of fused-ring (bicyclic) bond motifs is 3. The summed E-state index contributed by atoms with van der Waals surface area (Å²) in [4.78, 5) is 0. The van der Waals surface area contributed by atoms with Crippen LogP contribution in [0.4, 0.5) is 0 Å². The van der Waals surface area contributed by atoms with Gasteiger partial charge >= 0.3 is 0 Å². The van der Waals surface area contributed by atoms with Crippen LogP contribution in [0.3, 0.4) is 0 Å². The maximum Gasteiger partial charge on any atom is 0.00616 e. The van der Waals surface area contributed by atoms with Crippen LogP contribution >= 0.6 is 0 Å². The van der Waals surface area contributed by atoms with E-state index in [0.717, 1.165) is 19.5 Å². The van der Waals surface area contributed by atoms with Gasteiger partial charge in [-0.05, 0) is 47.2 Å². The van der Waals surface area contributed by atoms with Crippen LogP contribution in [-0.2, 0) is 11.8 Å². The van der Waals surface area contributed by atoms with Crippen LogP contribution in [0.5, 0.6) is 0 Å². The van der Waals surface area contributed by atoms with Crippen molar-refractivity contribution in [2.45, 2.75) is 25.2 Å². The largest absolute Gasteiger partial charge is 0.316 e. The minimum Gasteiger partial charge on any atom is -0.316 e. The molecule has 0 bridgehead atoms. The van der Waals surface area contributed by atoms with Gasteiger partial charge < -0.3 is 5.32 Å². The molecule has 1 saturated heterocycles. The molecule has 19 heavy (non-hydrogen) atoms. The van der Waals surface area contributed by atoms with Gasteiger partial charge in [-0.1, -0.05) is 49.4 Å². The van der Waals surface area contributed by atoms with Crippen molar-refractivity contribution in [2.24, 2.45) is 0 Å². The molecule has 1 nitrogen and oxygen atoms in total. The molecule has 1 heteroatoms. The predicted molar refractivity (Wildman–Crippen MR) is 79.5 cm³/mol. The van der Waals surface area contributed by atoms with Crippen LogP contribution in [0.15, 0.2) is 42.5 Å². The summed E-state index contributed by atoms with van der Waals surface area (Å²) in [7, 11) is 0. The molecule has 1 fully saturated rings. The van der Waals surface area contributed by atoms with Crippen LogP contribution in [0.1, 0.15) is 30.0 Å². The van der Waals surface area contributed by atoms with Gasteiger partial charge in [0, 0.05) is 12.0 Å². The van der Waals surface area contributed by atoms with Gasteiger partial charge in [-0.2, -0.15) is 0 Å². The lowest BCUT2D eigenvalue weighted by molar-refractivity contribution is 0.525. The second kappa shape index (κ2) is 3.94. The lowest BCUT2D eigenvalue weighted by Gasteiger charge is -2.24. The molecule has 2 aromatic rings. The first-order chi connectivity index (χ1) is 9.26. The number of nitrogens with one attached hydrogen (secondary N) is 1. The zero-order valence-corrected chi connectivity index (χ0v) is 11.4. The summed E-state index contributed by atoms with van der Waals surface area (Å²) in [5.74, 6) is 0. The highest BCUT2D eigenvalue weighted by Crippen LogP contribution is 2.39. The quantitative estimate of drug-likeness (QED) is 0.696. The van der Waals surface area contributed by atoms with Gasteiger partial charge in [0.15, 0.2) is 0 Å². The summed E-state index contributed by atoms with van der Waals surface area (Å²) in [6.45, 7) is 4.64. The zero-order chi connectivity index (χ0) is 12.9. The fourth-order valence-electron chi connectivity index (χ4n) is 3.58. The lowest BCUT2D eigenvalue weighted by Crippen LogP contribution is -2.24. The smallest absolute Gasteiger partial charge is 0.00616 e. The summed E-state index contributed by atoms with van der Waals surface area (Å²) >= 11 is 0. The third-order valence-corrected chi connectivity index (χ3v) is 4.86. The number of hydrogen-bond acceptors (Lipinski definition) is 1. The van der Waals surface area contributed by atoms with Crippen LogP contribution in [0.2, 0.25) is 0 Å². The first kappa shape index (κ1) is 11.2. The molecule has 1 atom stereocenters. The monoisotopic (exact) mass is 249 g/mol. The average Bonchev–Trinajstić information content (AvgIpc) is 3.02. The van der Waals surface area contributed by atoms with Gasteiger partial charge in [0.1, 0.15) is 0 Å². The zero-order valence-electron chi connectivity index (χ0n) is 11.4. The maximum atomic E-state index is 3.50. The van der Waals surface area contributed by atoms with Crippen molar-refractivity contribution in [2.75, 3.05) is 13.1 Å². The number of rotatable bonds is 1. The molecule has 1 aliphatic carbocycles. The van der Waals surface area contributed by atoms with Gasteiger partial charge in [-0.25, -0.2) is 0 Å². The topological polar surface area (TPSA) is 12.0 Å². The van der Waals surface area contributed by atoms with Crippen molar-refractivity contribution in [1.82, 2.24) is 5.32 Å². The normalized spacial score (nSPS) is 24.3. The van der Waals surface area contributed by atoms with Gasteiger partial charge in [0.25, 0.3) is 0 Å². The molecule has 2 aromatic carbocycles. The summed E-state index contributed by atoms with van der Waals surface area (Å²) in [6, 6.07) is 15.9. The average molecular weight is 249 g/mol. The van der Waals surface area contributed by atoms with Crippen LogP contribution in [-0.4, -0.2) is 13.1 Å². The molecule has 4 rings (SSSR count). The summed E-state index contributed by atoms with van der Waals surface area (Å²) in [5.41, 5.74) is 7.68. The first-order valence-corrected chi connectivity index (χ1v) is 7.19. The molecular formula is C18H19N. The van der Waals surface area contributed by atoms with Crippen LogP contribution in [0, 0.1) is 0 Å². The molecule has 2 aliphatic rings. The standard InChI is InChI=1S/C18H19N/c1-18(8-9-19-12-18)15-6-7-17-14(11-15)10-13-4-2-3-5-16(13)17/h2-7,11,19H,8-10,12H2,1H3. The Labute approximate surface area is 114 Å². The van der Waals surface area contributed by atoms with E-state index >= 15 is 0 Å². The highest BCUT2D eigenvalue weighted by atomic mass is 14.9. The molecule has 0 radical (unpaired) electrons. The van der Waals surface area contributed by atoms with Gasteiger partial charge in [-0.15, -0.1) is 0 Å². The second-order valence-corrected chi connectivity index (χ2v) is 6.19. The van der Waals surface area contributed by atoms with Crippen molar-refractivity contribution in [3.05, 3.63) is 59.2 Å². The van der Waals surface area contributed by atoms with Gasteiger partial charge in [0.05, 0.1) is 0 Å². The minimum atomic E-state index is 0.323. The Hall–Kier alpha value is -1.60. The molecule has 1 N–H and O–H groups in total. The highest BCUT2D eigenvalue weighted by molar-refractivity contribution is 5.77. The van der Waals surface area contributed by atoms with E-state index in [1.54, 1.807) is 0 Å². The predicted octanol–water partition coefficient (Wildman–Crippen LogP) is 3.51. The van der Waals surface area contributed by atoms with Crippen molar-refractivity contribution >= 4 is 0 Å². The SMILES string of the molecule is CC1(c2ccc3c(c2)Cc2ccccc2-3)CCNC1. The van der Waals surface area contributed by atoms with E-state index in [1.165, 1.54) is 34.2 Å². The van der Waals surface area contributed by atoms with E-state index in [0.29, 0.717) is 5.41 Å². The Balaban J connectivity index is 1.79. The lowest BCUT2D eigenvalue weighted by atomic mass is 9.80. The molecule has 1 aliphatic heterocycles. The molecule has 0 spiro atoms. The second-order valence-electron chi connectivity index (χ2n) is 6.19. The number of hydrogen-bond donors (Lipinski definition) is 1. The first-order valence-electron chi connectivity index (χ1n) is 7.19. The van der Waals surface area contributed by atoms with Gasteiger partial charge in [0.2, 0.25) is 0 Å². The third kappa shape index (κ3) is 1.65. The van der Waals surface area contributed by atoms with E-state index < -0.39 is 0 Å². The Bertz CT molecular complexity index is 636. The fourth-order valence-corrected chi connectivity index (χ4v) is 3.58. The van der Waals surface area contributed by atoms with Crippen molar-refractivity contribution in [3.8, 4) is 11.1 Å². The van der Waals surface area contributed by atoms with E-state index in [9.17, 15) is 0 Å². The molecule has 0 saturated carbocycles. The van der Waals surface area contributed by atoms with Crippen molar-refractivity contribution in [1.29, 1.82) is 0 Å². The van der Waals surface area contributed by atoms with Crippen LogP contribution < -0.4 is 5.32 Å². The molecular weight excluding hydrogens is 230 g/mol. The Kier molecular flexibility index (Phi) is 2.33. The molecule has 1 unspecified atom stereocenters. The highest BCUT2D eigenvalue weighted by Gasteiger charge is 2.31. The van der Waals surface area contributed by atoms with E-state index in [2.05, 4.69) is 54.7 Å². The summed E-state index contributed by atoms with van der Waals surface area (Å²) in [6.07, 6.45) is 2.35. The molecule has 0 aromatic heterocycles. The summed E-state index contributed by atoms with van der Waals surface area (Å²) in [5, 5.41) is 3.50. The Morgan fingerprint density at radius 3 is 2.68 bits per heavy atom. The minimum absolute atomic E-state index is 0.323. The third-order valence-electron chi connectivity index (χ3n) is 4.86. The van der Waals surface area contributed by atoms with Crippen LogP contribution in [0.25, 0.3) is 11.1 Å². The molecule has 1 heterocycles. The van der Waals surface area contributed by atoms with E-state index in [1.807, 2.05) is 0 Å². The maximum absolute atomic E-state index is 3.50. The van der Waals surface area contributed by atoms with Gasteiger partial charge in [-0.3, -0.25) is 0 Å². The van der Waals surface area contributed by atoms with Crippen molar-refractivity contribution in [3.63, 3.8) is 0 Å². The van der Waals surface area contributed by atoms with E-state index in [-0.39, 0.29) is 0 Å². The Morgan fingerprint density at radius 1 is 1.00 bits per heavy atom. The molecule has 96 valence electrons. The fraction of sp³-hybridized carbons (Fsp3) is 0.333. The molecule has 0 amide bonds.